The third kappa shape index (κ3) is 5.61. The van der Waals surface area contributed by atoms with E-state index in [9.17, 15) is 19.2 Å². The molecule has 1 aliphatic heterocycles. The molecule has 2 amide bonds. The number of aryl methyl sites for hydroxylation is 1. The zero-order chi connectivity index (χ0) is 27.4. The second-order valence-electron chi connectivity index (χ2n) is 8.99. The molecule has 1 aliphatic rings. The summed E-state index contributed by atoms with van der Waals surface area (Å²) in [6.45, 7) is 2.46. The number of rotatable bonds is 8. The van der Waals surface area contributed by atoms with Gasteiger partial charge in [0.1, 0.15) is 17.3 Å². The van der Waals surface area contributed by atoms with Crippen molar-refractivity contribution in [3.8, 4) is 11.3 Å². The van der Waals surface area contributed by atoms with Crippen molar-refractivity contribution in [1.82, 2.24) is 25.2 Å². The number of fused-ring (bicyclic) bond motifs is 1. The Hall–Kier alpha value is -5.06. The average molecular weight is 528 g/mol. The van der Waals surface area contributed by atoms with Crippen LogP contribution in [0.4, 0.5) is 10.2 Å². The van der Waals surface area contributed by atoms with Gasteiger partial charge in [0.2, 0.25) is 5.91 Å². The average Bonchev–Trinajstić information content (AvgIpc) is 3.32. The molecule has 0 aliphatic carbocycles. The smallest absolute Gasteiger partial charge is 0.251 e. The number of benzene rings is 1. The van der Waals surface area contributed by atoms with Crippen molar-refractivity contribution in [3.05, 3.63) is 107 Å². The van der Waals surface area contributed by atoms with Crippen molar-refractivity contribution in [2.24, 2.45) is 0 Å². The van der Waals surface area contributed by atoms with Gasteiger partial charge in [0, 0.05) is 43.4 Å². The number of nitrogens with zero attached hydrogens (tertiary/aromatic N) is 5. The fraction of sp³-hybridized carbons (Fsp3) is 0.179. The number of carbonyl (C=O) groups excluding carboxylic acids is 2. The van der Waals surface area contributed by atoms with Gasteiger partial charge in [0.15, 0.2) is 23.9 Å². The molecule has 0 spiro atoms. The zero-order valence-electron chi connectivity index (χ0n) is 21.2. The van der Waals surface area contributed by atoms with E-state index < -0.39 is 0 Å². The Morgan fingerprint density at radius 2 is 2.00 bits per heavy atom. The highest BCUT2D eigenvalue weighted by Gasteiger charge is 2.25. The largest absolute Gasteiger partial charge is 0.619 e. The maximum Gasteiger partial charge on any atom is 0.251 e. The summed E-state index contributed by atoms with van der Waals surface area (Å²) >= 11 is 0. The molecule has 4 heterocycles. The first-order valence-electron chi connectivity index (χ1n) is 12.4. The van der Waals surface area contributed by atoms with Gasteiger partial charge in [-0.1, -0.05) is 12.2 Å². The molecule has 1 aromatic carbocycles. The van der Waals surface area contributed by atoms with Crippen LogP contribution in [-0.2, 0) is 4.79 Å². The van der Waals surface area contributed by atoms with Gasteiger partial charge in [-0.15, -0.1) is 0 Å². The van der Waals surface area contributed by atoms with Gasteiger partial charge in [-0.25, -0.2) is 9.37 Å². The van der Waals surface area contributed by atoms with Crippen molar-refractivity contribution < 1.29 is 18.7 Å². The Balaban J connectivity index is 1.30. The Kier molecular flexibility index (Phi) is 7.30. The van der Waals surface area contributed by atoms with Crippen LogP contribution in [0.5, 0.6) is 0 Å². The Morgan fingerprint density at radius 1 is 1.18 bits per heavy atom. The number of allylic oxidation sites excluding steroid dienone is 2. The molecule has 4 aromatic rings. The van der Waals surface area contributed by atoms with E-state index in [1.54, 1.807) is 41.9 Å². The Labute approximate surface area is 223 Å². The predicted octanol–water partition coefficient (Wildman–Crippen LogP) is 3.02. The molecule has 11 heteroatoms. The van der Waals surface area contributed by atoms with Crippen molar-refractivity contribution >= 4 is 23.3 Å². The van der Waals surface area contributed by atoms with Gasteiger partial charge >= 0.3 is 0 Å². The molecule has 5 rings (SSSR count). The van der Waals surface area contributed by atoms with Crippen LogP contribution < -0.4 is 20.3 Å². The van der Waals surface area contributed by atoms with E-state index in [-0.39, 0.29) is 24.1 Å². The summed E-state index contributed by atoms with van der Waals surface area (Å²) in [4.78, 5) is 31.7. The Bertz CT molecular complexity index is 1590. The van der Waals surface area contributed by atoms with Gasteiger partial charge in [-0.2, -0.15) is 14.3 Å². The Morgan fingerprint density at radius 3 is 2.79 bits per heavy atom. The molecular formula is C28H26FN7O3. The summed E-state index contributed by atoms with van der Waals surface area (Å²) in [5.74, 6) is 0.359. The molecule has 0 saturated heterocycles. The molecule has 10 nitrogen and oxygen atoms in total. The monoisotopic (exact) mass is 527 g/mol. The molecule has 198 valence electrons. The molecule has 2 N–H and O–H groups in total. The van der Waals surface area contributed by atoms with Gasteiger partial charge in [0.05, 0.1) is 5.56 Å². The van der Waals surface area contributed by atoms with Crippen LogP contribution in [0.1, 0.15) is 28.8 Å². The van der Waals surface area contributed by atoms with Gasteiger partial charge in [-0.3, -0.25) is 9.59 Å². The normalized spacial score (nSPS) is 12.9. The van der Waals surface area contributed by atoms with Crippen LogP contribution in [0.2, 0.25) is 0 Å². The molecule has 0 radical (unpaired) electrons. The van der Waals surface area contributed by atoms with E-state index in [4.69, 9.17) is 4.98 Å². The van der Waals surface area contributed by atoms with E-state index in [1.165, 1.54) is 30.6 Å². The number of carbonyl (C=O) groups is 2. The van der Waals surface area contributed by atoms with E-state index in [0.29, 0.717) is 58.3 Å². The molecular weight excluding hydrogens is 501 g/mol. The maximum absolute atomic E-state index is 14.0. The van der Waals surface area contributed by atoms with Crippen molar-refractivity contribution in [3.63, 3.8) is 0 Å². The minimum absolute atomic E-state index is 0.180. The summed E-state index contributed by atoms with van der Waals surface area (Å²) in [5, 5.41) is 21.3. The zero-order valence-corrected chi connectivity index (χ0v) is 21.2. The third-order valence-corrected chi connectivity index (χ3v) is 6.22. The lowest BCUT2D eigenvalue weighted by atomic mass is 10.1. The molecule has 3 aromatic heterocycles. The van der Waals surface area contributed by atoms with E-state index in [2.05, 4.69) is 15.7 Å². The number of amides is 2. The fourth-order valence-electron chi connectivity index (χ4n) is 4.25. The number of anilines is 1. The van der Waals surface area contributed by atoms with Crippen LogP contribution in [0.25, 0.3) is 16.9 Å². The molecule has 39 heavy (non-hydrogen) atoms. The van der Waals surface area contributed by atoms with Crippen molar-refractivity contribution in [2.45, 2.75) is 19.8 Å². The lowest BCUT2D eigenvalue weighted by Gasteiger charge is -2.28. The van der Waals surface area contributed by atoms with Crippen molar-refractivity contribution in [2.75, 3.05) is 18.0 Å². The molecule has 0 atom stereocenters. The number of pyridine rings is 1. The minimum atomic E-state index is -0.314. The lowest BCUT2D eigenvalue weighted by Crippen LogP contribution is -2.38. The SMILES string of the molecule is Cc1cc(-c2nc3cccnn3c2N2CC=CC=C2NC(=O)CCCNC(=O)c2cc[n+]([O-])cc2)ccc1F. The molecule has 0 saturated carbocycles. The molecule has 0 unspecified atom stereocenters. The highest BCUT2D eigenvalue weighted by molar-refractivity contribution is 5.93. The fourth-order valence-corrected chi connectivity index (χ4v) is 4.25. The minimum Gasteiger partial charge on any atom is -0.619 e. The first-order chi connectivity index (χ1) is 18.9. The standard InChI is InChI=1S/C28H26FN7O3/c1-19-18-21(9-10-22(19)29)26-28(36-24(33-26)7-4-14-31-36)35-15-3-2-6-23(35)32-25(37)8-5-13-30-27(38)20-11-16-34(39)17-12-20/h2-4,6-7,9-12,14,16-18H,5,8,13,15H2,1H3,(H,30,38)(H,32,37). The van der Waals surface area contributed by atoms with E-state index >= 15 is 0 Å². The first-order valence-corrected chi connectivity index (χ1v) is 12.4. The highest BCUT2D eigenvalue weighted by atomic mass is 19.1. The van der Waals surface area contributed by atoms with Crippen LogP contribution in [-0.4, -0.2) is 39.5 Å². The molecule has 0 bridgehead atoms. The van der Waals surface area contributed by atoms with E-state index in [0.717, 1.165) is 5.56 Å². The number of hydrogen-bond donors (Lipinski definition) is 2. The second kappa shape index (κ2) is 11.1. The third-order valence-electron chi connectivity index (χ3n) is 6.22. The van der Waals surface area contributed by atoms with Crippen LogP contribution in [0.15, 0.2) is 85.1 Å². The van der Waals surface area contributed by atoms with Gasteiger partial charge in [-0.05, 0) is 55.3 Å². The summed E-state index contributed by atoms with van der Waals surface area (Å²) in [6.07, 6.45) is 10.4. The summed E-state index contributed by atoms with van der Waals surface area (Å²) in [6, 6.07) is 11.3. The van der Waals surface area contributed by atoms with Gasteiger partial charge < -0.3 is 20.7 Å². The van der Waals surface area contributed by atoms with Crippen molar-refractivity contribution in [1.29, 1.82) is 0 Å². The first kappa shape index (κ1) is 25.6. The quantitative estimate of drug-likeness (QED) is 0.207. The predicted molar refractivity (Wildman–Crippen MR) is 143 cm³/mol. The second-order valence-corrected chi connectivity index (χ2v) is 8.99. The number of halogens is 1. The highest BCUT2D eigenvalue weighted by Crippen LogP contribution is 2.34. The van der Waals surface area contributed by atoms with Crippen LogP contribution >= 0.6 is 0 Å². The topological polar surface area (TPSA) is 119 Å². The summed E-state index contributed by atoms with van der Waals surface area (Å²) in [7, 11) is 0. The number of imidazole rings is 1. The number of nitrogens with one attached hydrogen (secondary N) is 2. The maximum atomic E-state index is 14.0. The summed E-state index contributed by atoms with van der Waals surface area (Å²) < 4.78 is 16.3. The molecule has 0 fully saturated rings. The van der Waals surface area contributed by atoms with Gasteiger partial charge in [0.25, 0.3) is 5.91 Å². The number of aromatic nitrogens is 4. The van der Waals surface area contributed by atoms with Crippen LogP contribution in [0, 0.1) is 17.9 Å². The summed E-state index contributed by atoms with van der Waals surface area (Å²) in [5.41, 5.74) is 2.82. The number of hydrogen-bond acceptors (Lipinski definition) is 6. The van der Waals surface area contributed by atoms with E-state index in [1.807, 2.05) is 23.1 Å². The van der Waals surface area contributed by atoms with Crippen LogP contribution in [0.3, 0.4) is 0 Å². The lowest BCUT2D eigenvalue weighted by molar-refractivity contribution is -0.605.